The van der Waals surface area contributed by atoms with Gasteiger partial charge in [-0.15, -0.1) is 11.3 Å². The average molecular weight is 289 g/mol. The van der Waals surface area contributed by atoms with E-state index in [1.54, 1.807) is 17.5 Å². The van der Waals surface area contributed by atoms with Crippen molar-refractivity contribution in [2.45, 2.75) is 25.2 Å². The zero-order chi connectivity index (χ0) is 14.2. The average Bonchev–Trinajstić information content (AvgIpc) is 2.84. The third kappa shape index (κ3) is 2.08. The number of thiazole rings is 1. The fraction of sp³-hybridized carbons (Fsp3) is 0.333. The minimum absolute atomic E-state index is 0.432. The van der Waals surface area contributed by atoms with Crippen molar-refractivity contribution in [3.8, 4) is 5.75 Å². The van der Waals surface area contributed by atoms with Crippen LogP contribution in [0.15, 0.2) is 30.5 Å². The lowest BCUT2D eigenvalue weighted by Gasteiger charge is -2.34. The molecule has 1 unspecified atom stereocenters. The number of nitrogens with zero attached hydrogens (tertiary/aromatic N) is 1. The van der Waals surface area contributed by atoms with Crippen molar-refractivity contribution in [2.24, 2.45) is 0 Å². The highest BCUT2D eigenvalue weighted by Gasteiger charge is 2.45. The summed E-state index contributed by atoms with van der Waals surface area (Å²) in [5, 5.41) is 10.8. The maximum Gasteiger partial charge on any atom is 0.314 e. The fourth-order valence-electron chi connectivity index (χ4n) is 2.72. The van der Waals surface area contributed by atoms with Crippen molar-refractivity contribution in [1.29, 1.82) is 0 Å². The smallest absolute Gasteiger partial charge is 0.314 e. The van der Waals surface area contributed by atoms with Gasteiger partial charge in [0.05, 0.1) is 11.6 Å². The van der Waals surface area contributed by atoms with Crippen LogP contribution >= 0.6 is 11.3 Å². The quantitative estimate of drug-likeness (QED) is 0.944. The summed E-state index contributed by atoms with van der Waals surface area (Å²) in [7, 11) is 0. The zero-order valence-electron chi connectivity index (χ0n) is 11.1. The van der Waals surface area contributed by atoms with Crippen LogP contribution in [0.25, 0.3) is 0 Å². The first kappa shape index (κ1) is 13.1. The molecule has 0 radical (unpaired) electrons. The van der Waals surface area contributed by atoms with E-state index in [1.807, 2.05) is 31.2 Å². The number of carbonyl (C=O) groups is 1. The van der Waals surface area contributed by atoms with Gasteiger partial charge in [-0.25, -0.2) is 4.98 Å². The Morgan fingerprint density at radius 1 is 1.50 bits per heavy atom. The number of aromatic nitrogens is 1. The highest BCUT2D eigenvalue weighted by molar-refractivity contribution is 7.11. The van der Waals surface area contributed by atoms with Crippen LogP contribution in [0.2, 0.25) is 0 Å². The molecule has 2 aromatic rings. The Labute approximate surface area is 121 Å². The summed E-state index contributed by atoms with van der Waals surface area (Å²) in [4.78, 5) is 17.2. The molecule has 5 heteroatoms. The predicted octanol–water partition coefficient (Wildman–Crippen LogP) is 2.80. The van der Waals surface area contributed by atoms with Crippen molar-refractivity contribution in [1.82, 2.24) is 4.98 Å². The first-order valence-corrected chi connectivity index (χ1v) is 7.30. The Hall–Kier alpha value is -1.88. The monoisotopic (exact) mass is 289 g/mol. The molecule has 1 aliphatic heterocycles. The number of rotatable bonds is 3. The zero-order valence-corrected chi connectivity index (χ0v) is 11.9. The molecule has 0 aliphatic carbocycles. The summed E-state index contributed by atoms with van der Waals surface area (Å²) < 4.78 is 5.60. The molecule has 0 spiro atoms. The van der Waals surface area contributed by atoms with Gasteiger partial charge in [-0.05, 0) is 13.0 Å². The molecule has 3 rings (SSSR count). The second-order valence-electron chi connectivity index (χ2n) is 5.00. The Bertz CT molecular complexity index is 652. The minimum Gasteiger partial charge on any atom is -0.493 e. The van der Waals surface area contributed by atoms with Crippen LogP contribution < -0.4 is 4.74 Å². The number of hydrogen-bond donors (Lipinski definition) is 1. The molecular formula is C15H15NO3S. The SMILES string of the molecule is Cc1ncc(CC2(C(=O)O)CCOc3ccccc32)s1. The lowest BCUT2D eigenvalue weighted by atomic mass is 9.73. The molecule has 1 aliphatic rings. The Balaban J connectivity index is 2.07. The van der Waals surface area contributed by atoms with Gasteiger partial charge in [-0.1, -0.05) is 18.2 Å². The maximum absolute atomic E-state index is 12.0. The largest absolute Gasteiger partial charge is 0.493 e. The van der Waals surface area contributed by atoms with Crippen molar-refractivity contribution >= 4 is 17.3 Å². The highest BCUT2D eigenvalue weighted by Crippen LogP contribution is 2.42. The number of carboxylic acid groups (broad SMARTS) is 1. The Kier molecular flexibility index (Phi) is 3.22. The molecular weight excluding hydrogens is 274 g/mol. The number of hydrogen-bond acceptors (Lipinski definition) is 4. The van der Waals surface area contributed by atoms with Crippen molar-refractivity contribution in [3.05, 3.63) is 45.9 Å². The van der Waals surface area contributed by atoms with Crippen LogP contribution in [0.3, 0.4) is 0 Å². The molecule has 104 valence electrons. The van der Waals surface area contributed by atoms with Crippen LogP contribution in [0.5, 0.6) is 5.75 Å². The second kappa shape index (κ2) is 4.90. The molecule has 0 bridgehead atoms. The van der Waals surface area contributed by atoms with Crippen molar-refractivity contribution in [3.63, 3.8) is 0 Å². The second-order valence-corrected chi connectivity index (χ2v) is 6.32. The van der Waals surface area contributed by atoms with Crippen LogP contribution in [0.1, 0.15) is 21.9 Å². The number of aryl methyl sites for hydroxylation is 1. The van der Waals surface area contributed by atoms with E-state index in [2.05, 4.69) is 4.98 Å². The standard InChI is InChI=1S/C15H15NO3S/c1-10-16-9-11(20-10)8-15(14(17)18)6-7-19-13-5-3-2-4-12(13)15/h2-5,9H,6-8H2,1H3,(H,17,18). The normalized spacial score (nSPS) is 21.1. The molecule has 0 saturated heterocycles. The van der Waals surface area contributed by atoms with Crippen LogP contribution in [0.4, 0.5) is 0 Å². The van der Waals surface area contributed by atoms with Crippen LogP contribution in [-0.4, -0.2) is 22.7 Å². The third-order valence-electron chi connectivity index (χ3n) is 3.74. The molecule has 2 heterocycles. The van der Waals surface area contributed by atoms with Gasteiger partial charge < -0.3 is 9.84 Å². The highest BCUT2D eigenvalue weighted by atomic mass is 32.1. The van der Waals surface area contributed by atoms with Gasteiger partial charge in [-0.3, -0.25) is 4.79 Å². The number of aliphatic carboxylic acids is 1. The lowest BCUT2D eigenvalue weighted by Crippen LogP contribution is -2.42. The number of para-hydroxylation sites is 1. The first-order chi connectivity index (χ1) is 9.62. The molecule has 0 amide bonds. The van der Waals surface area contributed by atoms with Crippen molar-refractivity contribution < 1.29 is 14.6 Å². The summed E-state index contributed by atoms with van der Waals surface area (Å²) in [5.74, 6) is -0.110. The van der Waals surface area contributed by atoms with E-state index in [4.69, 9.17) is 4.74 Å². The van der Waals surface area contributed by atoms with E-state index in [9.17, 15) is 9.90 Å². The molecule has 1 N–H and O–H groups in total. The van der Waals surface area contributed by atoms with Gasteiger partial charge in [-0.2, -0.15) is 0 Å². The molecule has 1 aromatic carbocycles. The van der Waals surface area contributed by atoms with Gasteiger partial charge in [0.25, 0.3) is 0 Å². The number of carboxylic acids is 1. The van der Waals surface area contributed by atoms with E-state index in [1.165, 1.54) is 0 Å². The molecule has 1 atom stereocenters. The Morgan fingerprint density at radius 2 is 2.30 bits per heavy atom. The van der Waals surface area contributed by atoms with E-state index < -0.39 is 11.4 Å². The topological polar surface area (TPSA) is 59.4 Å². The van der Waals surface area contributed by atoms with Gasteiger partial charge >= 0.3 is 5.97 Å². The van der Waals surface area contributed by atoms with Crippen LogP contribution in [0, 0.1) is 6.92 Å². The molecule has 1 aromatic heterocycles. The van der Waals surface area contributed by atoms with E-state index in [0.29, 0.717) is 25.2 Å². The molecule has 20 heavy (non-hydrogen) atoms. The van der Waals surface area contributed by atoms with Gasteiger partial charge in [0.1, 0.15) is 11.2 Å². The fourth-order valence-corrected chi connectivity index (χ4v) is 3.63. The number of ether oxygens (including phenoxy) is 1. The van der Waals surface area contributed by atoms with Crippen molar-refractivity contribution in [2.75, 3.05) is 6.61 Å². The van der Waals surface area contributed by atoms with E-state index in [-0.39, 0.29) is 0 Å². The summed E-state index contributed by atoms with van der Waals surface area (Å²) in [6.45, 7) is 2.36. The molecule has 0 fully saturated rings. The summed E-state index contributed by atoms with van der Waals surface area (Å²) in [5.41, 5.74) is -0.141. The van der Waals surface area contributed by atoms with E-state index in [0.717, 1.165) is 15.4 Å². The minimum atomic E-state index is -0.909. The van der Waals surface area contributed by atoms with Gasteiger partial charge in [0, 0.05) is 29.5 Å². The van der Waals surface area contributed by atoms with E-state index >= 15 is 0 Å². The maximum atomic E-state index is 12.0. The molecule has 4 nitrogen and oxygen atoms in total. The Morgan fingerprint density at radius 3 is 3.00 bits per heavy atom. The summed E-state index contributed by atoms with van der Waals surface area (Å²) in [6, 6.07) is 7.43. The number of benzene rings is 1. The summed E-state index contributed by atoms with van der Waals surface area (Å²) >= 11 is 1.56. The lowest BCUT2D eigenvalue weighted by molar-refractivity contribution is -0.145. The third-order valence-corrected chi connectivity index (χ3v) is 4.66. The first-order valence-electron chi connectivity index (χ1n) is 6.49. The van der Waals surface area contributed by atoms with Gasteiger partial charge in [0.2, 0.25) is 0 Å². The number of fused-ring (bicyclic) bond motifs is 1. The summed E-state index contributed by atoms with van der Waals surface area (Å²) in [6.07, 6.45) is 2.73. The predicted molar refractivity (Wildman–Crippen MR) is 76.4 cm³/mol. The van der Waals surface area contributed by atoms with Crippen LogP contribution in [-0.2, 0) is 16.6 Å². The molecule has 0 saturated carbocycles. The van der Waals surface area contributed by atoms with Gasteiger partial charge in [0.15, 0.2) is 0 Å².